The summed E-state index contributed by atoms with van der Waals surface area (Å²) in [4.78, 5) is 15.6. The Hall–Kier alpha value is -2.44. The number of nitrogen functional groups attached to an aromatic ring is 1. The molecular formula is C11H16N6O. The summed E-state index contributed by atoms with van der Waals surface area (Å²) in [5.74, 6) is 1.35. The third-order valence-electron chi connectivity index (χ3n) is 1.93. The molecule has 1 rings (SSSR count). The van der Waals surface area contributed by atoms with Crippen LogP contribution in [-0.2, 0) is 0 Å². The van der Waals surface area contributed by atoms with Gasteiger partial charge in [-0.2, -0.15) is 0 Å². The lowest BCUT2D eigenvalue weighted by Gasteiger charge is -2.10. The van der Waals surface area contributed by atoms with Gasteiger partial charge in [-0.15, -0.1) is 0 Å². The number of aliphatic imine (C=N–C) groups is 2. The second kappa shape index (κ2) is 7.00. The molecule has 0 bridgehead atoms. The molecule has 0 aliphatic heterocycles. The second-order valence-electron chi connectivity index (χ2n) is 3.14. The molecule has 3 N–H and O–H groups in total. The largest absolute Gasteiger partial charge is 0.422 e. The van der Waals surface area contributed by atoms with E-state index in [0.29, 0.717) is 5.75 Å². The Bertz CT molecular complexity index is 451. The van der Waals surface area contributed by atoms with Gasteiger partial charge in [-0.1, -0.05) is 13.5 Å². The van der Waals surface area contributed by atoms with E-state index < -0.39 is 0 Å². The average molecular weight is 248 g/mol. The van der Waals surface area contributed by atoms with Crippen LogP contribution in [0.5, 0.6) is 5.75 Å². The van der Waals surface area contributed by atoms with Gasteiger partial charge >= 0.3 is 0 Å². The van der Waals surface area contributed by atoms with Crippen molar-refractivity contribution < 1.29 is 4.74 Å². The molecule has 7 heteroatoms. The number of rotatable bonds is 3. The lowest BCUT2D eigenvalue weighted by molar-refractivity contribution is 0.526. The highest BCUT2D eigenvalue weighted by Gasteiger charge is 2.05. The van der Waals surface area contributed by atoms with Crippen LogP contribution >= 0.6 is 0 Å². The first-order chi connectivity index (χ1) is 8.69. The molecule has 1 aromatic heterocycles. The van der Waals surface area contributed by atoms with Crippen LogP contribution in [0.2, 0.25) is 0 Å². The van der Waals surface area contributed by atoms with E-state index >= 15 is 0 Å². The van der Waals surface area contributed by atoms with E-state index in [-0.39, 0.29) is 12.0 Å². The zero-order valence-corrected chi connectivity index (χ0v) is 10.4. The van der Waals surface area contributed by atoms with Gasteiger partial charge in [0, 0.05) is 19.7 Å². The maximum Gasteiger partial charge on any atom is 0.300 e. The third-order valence-corrected chi connectivity index (χ3v) is 1.93. The van der Waals surface area contributed by atoms with E-state index in [1.807, 2.05) is 6.92 Å². The Labute approximate surface area is 106 Å². The van der Waals surface area contributed by atoms with Crippen LogP contribution in [0.25, 0.3) is 0 Å². The van der Waals surface area contributed by atoms with Crippen LogP contribution in [0, 0.1) is 0 Å². The molecule has 0 saturated heterocycles. The summed E-state index contributed by atoms with van der Waals surface area (Å²) >= 11 is 0. The predicted molar refractivity (Wildman–Crippen MR) is 71.5 cm³/mol. The number of nitrogens with zero attached hydrogens (tertiary/aromatic N) is 4. The molecule has 0 aromatic carbocycles. The summed E-state index contributed by atoms with van der Waals surface area (Å²) in [6.45, 7) is 5.48. The van der Waals surface area contributed by atoms with Crippen LogP contribution in [0.3, 0.4) is 0 Å². The zero-order valence-electron chi connectivity index (χ0n) is 10.4. The fraction of sp³-hybridized carbons (Fsp3) is 0.273. The van der Waals surface area contributed by atoms with Crippen molar-refractivity contribution in [3.05, 3.63) is 25.2 Å². The number of nitrogens with two attached hydrogens (primary N) is 1. The van der Waals surface area contributed by atoms with Gasteiger partial charge in [-0.3, -0.25) is 10.3 Å². The maximum atomic E-state index is 5.45. The Balaban J connectivity index is 2.78. The molecule has 0 radical (unpaired) electrons. The Morgan fingerprint density at radius 1 is 1.56 bits per heavy atom. The highest BCUT2D eigenvalue weighted by Crippen LogP contribution is 2.07. The van der Waals surface area contributed by atoms with Gasteiger partial charge in [0.2, 0.25) is 5.95 Å². The topological polar surface area (TPSA) is 97.8 Å². The van der Waals surface area contributed by atoms with Crippen molar-refractivity contribution >= 4 is 17.8 Å². The van der Waals surface area contributed by atoms with E-state index in [1.165, 1.54) is 18.6 Å². The van der Waals surface area contributed by atoms with Crippen LogP contribution in [0.15, 0.2) is 35.2 Å². The van der Waals surface area contributed by atoms with Crippen molar-refractivity contribution in [1.82, 2.24) is 15.3 Å². The molecule has 0 atom stereocenters. The molecule has 0 fully saturated rings. The molecular weight excluding hydrogens is 232 g/mol. The Morgan fingerprint density at radius 2 is 2.22 bits per heavy atom. The molecule has 96 valence electrons. The first-order valence-corrected chi connectivity index (χ1v) is 5.36. The smallest absolute Gasteiger partial charge is 0.300 e. The van der Waals surface area contributed by atoms with E-state index in [0.717, 1.165) is 12.3 Å². The monoisotopic (exact) mass is 248 g/mol. The highest BCUT2D eigenvalue weighted by molar-refractivity contribution is 5.98. The minimum absolute atomic E-state index is 0.182. The minimum Gasteiger partial charge on any atom is -0.422 e. The number of anilines is 1. The van der Waals surface area contributed by atoms with Gasteiger partial charge < -0.3 is 10.5 Å². The number of hydrogen-bond donors (Lipinski definition) is 2. The van der Waals surface area contributed by atoms with Crippen molar-refractivity contribution in [2.24, 2.45) is 9.98 Å². The maximum absolute atomic E-state index is 5.45. The molecule has 1 aromatic rings. The van der Waals surface area contributed by atoms with Gasteiger partial charge in [-0.05, 0) is 0 Å². The first kappa shape index (κ1) is 13.6. The fourth-order valence-electron chi connectivity index (χ4n) is 1.08. The summed E-state index contributed by atoms with van der Waals surface area (Å²) < 4.78 is 5.45. The second-order valence-corrected chi connectivity index (χ2v) is 3.14. The van der Waals surface area contributed by atoms with Crippen molar-refractivity contribution in [3.63, 3.8) is 0 Å². The van der Waals surface area contributed by atoms with E-state index in [4.69, 9.17) is 10.5 Å². The van der Waals surface area contributed by atoms with Crippen LogP contribution in [-0.4, -0.2) is 28.9 Å². The SMILES string of the molecule is C=CN=C(NC(CC)=NC)Oc1cnc(N)nc1. The van der Waals surface area contributed by atoms with Crippen molar-refractivity contribution in [3.8, 4) is 5.75 Å². The molecule has 0 amide bonds. The fourth-order valence-corrected chi connectivity index (χ4v) is 1.08. The summed E-state index contributed by atoms with van der Waals surface area (Å²) in [5, 5.41) is 2.94. The Kier molecular flexibility index (Phi) is 5.30. The summed E-state index contributed by atoms with van der Waals surface area (Å²) in [5.41, 5.74) is 5.38. The number of nitrogens with one attached hydrogen (secondary N) is 1. The molecule has 0 aliphatic rings. The molecule has 18 heavy (non-hydrogen) atoms. The first-order valence-electron chi connectivity index (χ1n) is 5.36. The van der Waals surface area contributed by atoms with Crippen molar-refractivity contribution in [2.45, 2.75) is 13.3 Å². The molecule has 1 heterocycles. The number of hydrogen-bond acceptors (Lipinski definition) is 6. The summed E-state index contributed by atoms with van der Waals surface area (Å²) in [6, 6.07) is 0.251. The normalized spacial score (nSPS) is 12.1. The van der Waals surface area contributed by atoms with Crippen LogP contribution < -0.4 is 15.8 Å². The van der Waals surface area contributed by atoms with E-state index in [1.54, 1.807) is 7.05 Å². The molecule has 0 spiro atoms. The molecule has 0 unspecified atom stereocenters. The average Bonchev–Trinajstić information content (AvgIpc) is 2.38. The number of amidine groups is 2. The van der Waals surface area contributed by atoms with Crippen LogP contribution in [0.1, 0.15) is 13.3 Å². The number of ether oxygens (including phenoxy) is 1. The van der Waals surface area contributed by atoms with E-state index in [9.17, 15) is 0 Å². The zero-order chi connectivity index (χ0) is 13.4. The van der Waals surface area contributed by atoms with Crippen molar-refractivity contribution in [2.75, 3.05) is 12.8 Å². The highest BCUT2D eigenvalue weighted by atomic mass is 16.5. The molecule has 0 aliphatic carbocycles. The summed E-state index contributed by atoms with van der Waals surface area (Å²) in [6.07, 6.45) is 5.01. The minimum atomic E-state index is 0.182. The Morgan fingerprint density at radius 3 is 2.72 bits per heavy atom. The van der Waals surface area contributed by atoms with Gasteiger partial charge in [-0.25, -0.2) is 15.0 Å². The predicted octanol–water partition coefficient (Wildman–Crippen LogP) is 0.965. The van der Waals surface area contributed by atoms with Gasteiger partial charge in [0.1, 0.15) is 5.84 Å². The third kappa shape index (κ3) is 4.20. The van der Waals surface area contributed by atoms with Gasteiger partial charge in [0.15, 0.2) is 5.75 Å². The van der Waals surface area contributed by atoms with E-state index in [2.05, 4.69) is 31.8 Å². The van der Waals surface area contributed by atoms with Gasteiger partial charge in [0.05, 0.1) is 12.4 Å². The van der Waals surface area contributed by atoms with Crippen LogP contribution in [0.4, 0.5) is 5.95 Å². The molecule has 0 saturated carbocycles. The summed E-state index contributed by atoms with van der Waals surface area (Å²) in [7, 11) is 1.68. The quantitative estimate of drug-likeness (QED) is 0.613. The molecule has 7 nitrogen and oxygen atoms in total. The number of aromatic nitrogens is 2. The van der Waals surface area contributed by atoms with Gasteiger partial charge in [0.25, 0.3) is 6.02 Å². The standard InChI is InChI=1S/C11H16N6O/c1-4-9(13-3)17-11(14-5-2)18-8-6-15-10(12)16-7-8/h5-7H,2,4H2,1,3H3,(H2,12,15,16)(H,13,14,17). The lowest BCUT2D eigenvalue weighted by atomic mass is 10.4. The van der Waals surface area contributed by atoms with Crippen molar-refractivity contribution in [1.29, 1.82) is 0 Å². The lowest BCUT2D eigenvalue weighted by Crippen LogP contribution is -2.34.